The Hall–Kier alpha value is -3.74. The van der Waals surface area contributed by atoms with Crippen molar-refractivity contribution in [3.63, 3.8) is 0 Å². The molecule has 7 nitrogen and oxygen atoms in total. The molecule has 154 valence electrons. The van der Waals surface area contributed by atoms with Crippen LogP contribution < -0.4 is 10.6 Å². The first kappa shape index (κ1) is 19.6. The third-order valence-corrected chi connectivity index (χ3v) is 5.63. The number of carbonyl (C=O) groups is 2. The molecule has 0 radical (unpaired) electrons. The van der Waals surface area contributed by atoms with Gasteiger partial charge in [-0.1, -0.05) is 24.3 Å². The largest absolute Gasteiger partial charge is 0.504 e. The van der Waals surface area contributed by atoms with Gasteiger partial charge in [-0.2, -0.15) is 0 Å². The molecule has 1 aliphatic carbocycles. The summed E-state index contributed by atoms with van der Waals surface area (Å²) in [6.45, 7) is 1.91. The second-order valence-corrected chi connectivity index (χ2v) is 7.68. The number of hydrogen-bond acceptors (Lipinski definition) is 5. The molecule has 30 heavy (non-hydrogen) atoms. The van der Waals surface area contributed by atoms with Gasteiger partial charge in [0.05, 0.1) is 11.0 Å². The Kier molecular flexibility index (Phi) is 4.73. The highest BCUT2D eigenvalue weighted by atomic mass is 16.4. The molecular weight excluding hydrogens is 384 g/mol. The first-order chi connectivity index (χ1) is 14.3. The summed E-state index contributed by atoms with van der Waals surface area (Å²) < 4.78 is 0. The van der Waals surface area contributed by atoms with Gasteiger partial charge in [-0.25, -0.2) is 4.79 Å². The Morgan fingerprint density at radius 2 is 1.87 bits per heavy atom. The molecule has 1 heterocycles. The predicted molar refractivity (Wildman–Crippen MR) is 111 cm³/mol. The van der Waals surface area contributed by atoms with Gasteiger partial charge < -0.3 is 26.0 Å². The molecule has 7 heteroatoms. The van der Waals surface area contributed by atoms with Gasteiger partial charge in [0.1, 0.15) is 6.17 Å². The van der Waals surface area contributed by atoms with Crippen LogP contribution in [0.1, 0.15) is 41.3 Å². The minimum Gasteiger partial charge on any atom is -0.504 e. The summed E-state index contributed by atoms with van der Waals surface area (Å²) in [5, 5.41) is 34.8. The van der Waals surface area contributed by atoms with Crippen LogP contribution in [0.3, 0.4) is 0 Å². The molecule has 1 atom stereocenters. The molecule has 0 bridgehead atoms. The van der Waals surface area contributed by atoms with Crippen LogP contribution in [0.25, 0.3) is 5.70 Å². The Morgan fingerprint density at radius 1 is 1.10 bits per heavy atom. The van der Waals surface area contributed by atoms with Crippen LogP contribution in [-0.4, -0.2) is 33.4 Å². The van der Waals surface area contributed by atoms with E-state index in [1.54, 1.807) is 18.2 Å². The number of nitrogens with one attached hydrogen (secondary N) is 2. The van der Waals surface area contributed by atoms with Gasteiger partial charge in [0.2, 0.25) is 5.91 Å². The molecule has 5 N–H and O–H groups in total. The topological polar surface area (TPSA) is 119 Å². The molecule has 4 rings (SSSR count). The number of carbonyl (C=O) groups excluding carboxylic acids is 1. The highest BCUT2D eigenvalue weighted by Crippen LogP contribution is 2.50. The predicted octanol–water partition coefficient (Wildman–Crippen LogP) is 2.86. The summed E-state index contributed by atoms with van der Waals surface area (Å²) in [6, 6.07) is 11.1. The van der Waals surface area contributed by atoms with E-state index in [4.69, 9.17) is 0 Å². The molecule has 2 aromatic rings. The molecule has 2 aromatic carbocycles. The quantitative estimate of drug-likeness (QED) is 0.487. The molecule has 1 amide bonds. The van der Waals surface area contributed by atoms with Gasteiger partial charge in [0.15, 0.2) is 11.5 Å². The third kappa shape index (κ3) is 3.50. The molecule has 0 aromatic heterocycles. The smallest absolute Gasteiger partial charge is 0.335 e. The SMILES string of the molecule is CC1=C(c2cccc(C(=O)O)c2)NC(NC(=O)C2(c3ccc(O)c(O)c3)CC2)C=C1. The van der Waals surface area contributed by atoms with Crippen LogP contribution in [0.2, 0.25) is 0 Å². The average Bonchev–Trinajstić information content (AvgIpc) is 3.53. The van der Waals surface area contributed by atoms with E-state index in [1.807, 2.05) is 25.1 Å². The zero-order valence-corrected chi connectivity index (χ0v) is 16.3. The van der Waals surface area contributed by atoms with Crippen molar-refractivity contribution >= 4 is 17.6 Å². The number of aromatic hydroxyl groups is 2. The van der Waals surface area contributed by atoms with E-state index in [0.29, 0.717) is 18.4 Å². The lowest BCUT2D eigenvalue weighted by Crippen LogP contribution is -2.48. The summed E-state index contributed by atoms with van der Waals surface area (Å²) in [4.78, 5) is 24.3. The van der Waals surface area contributed by atoms with E-state index < -0.39 is 17.6 Å². The van der Waals surface area contributed by atoms with Gasteiger partial charge >= 0.3 is 5.97 Å². The van der Waals surface area contributed by atoms with E-state index in [0.717, 1.165) is 16.8 Å². The van der Waals surface area contributed by atoms with E-state index in [1.165, 1.54) is 18.2 Å². The van der Waals surface area contributed by atoms with Crippen LogP contribution in [0.15, 0.2) is 60.2 Å². The number of carboxylic acid groups (broad SMARTS) is 1. The second kappa shape index (κ2) is 7.26. The Morgan fingerprint density at radius 3 is 2.53 bits per heavy atom. The molecule has 2 aliphatic rings. The van der Waals surface area contributed by atoms with Crippen LogP contribution in [-0.2, 0) is 10.2 Å². The van der Waals surface area contributed by atoms with Crippen LogP contribution in [0.5, 0.6) is 11.5 Å². The Bertz CT molecular complexity index is 1100. The minimum absolute atomic E-state index is 0.173. The monoisotopic (exact) mass is 406 g/mol. The first-order valence-corrected chi connectivity index (χ1v) is 9.63. The second-order valence-electron chi connectivity index (χ2n) is 7.68. The van der Waals surface area contributed by atoms with E-state index in [2.05, 4.69) is 10.6 Å². The van der Waals surface area contributed by atoms with Gasteiger partial charge in [-0.15, -0.1) is 0 Å². The molecule has 0 saturated heterocycles. The zero-order chi connectivity index (χ0) is 21.5. The van der Waals surface area contributed by atoms with E-state index in [9.17, 15) is 24.9 Å². The number of phenols is 2. The zero-order valence-electron chi connectivity index (χ0n) is 16.3. The number of hydrogen-bond donors (Lipinski definition) is 5. The number of phenolic OH excluding ortho intramolecular Hbond substituents is 2. The minimum atomic E-state index is -1.00. The van der Waals surface area contributed by atoms with Crippen molar-refractivity contribution in [3.05, 3.63) is 76.9 Å². The maximum atomic E-state index is 13.0. The van der Waals surface area contributed by atoms with Crippen LogP contribution in [0, 0.1) is 0 Å². The lowest BCUT2D eigenvalue weighted by molar-refractivity contribution is -0.124. The van der Waals surface area contributed by atoms with Gasteiger partial charge in [0, 0.05) is 5.70 Å². The number of allylic oxidation sites excluding steroid dienone is 2. The highest BCUT2D eigenvalue weighted by Gasteiger charge is 2.51. The molecule has 1 fully saturated rings. The van der Waals surface area contributed by atoms with Crippen LogP contribution >= 0.6 is 0 Å². The summed E-state index contributed by atoms with van der Waals surface area (Å²) in [5.41, 5.74) is 2.52. The van der Waals surface area contributed by atoms with Gasteiger partial charge in [0.25, 0.3) is 0 Å². The van der Waals surface area contributed by atoms with Crippen molar-refractivity contribution in [1.29, 1.82) is 0 Å². The maximum Gasteiger partial charge on any atom is 0.335 e. The standard InChI is InChI=1S/C23H22N2O5/c1-13-5-8-19(24-20(13)14-3-2-4-15(11-14)21(28)29)25-22(30)23(9-10-23)16-6-7-17(26)18(27)12-16/h2-8,11-12,19,24,26-27H,9-10H2,1H3,(H,25,30)(H,28,29). The van der Waals surface area contributed by atoms with Gasteiger partial charge in [-0.3, -0.25) is 4.79 Å². The van der Waals surface area contributed by atoms with E-state index in [-0.39, 0.29) is 23.0 Å². The summed E-state index contributed by atoms with van der Waals surface area (Å²) in [7, 11) is 0. The molecule has 1 saturated carbocycles. The van der Waals surface area contributed by atoms with Crippen molar-refractivity contribution in [1.82, 2.24) is 10.6 Å². The lowest BCUT2D eigenvalue weighted by atomic mass is 9.94. The Balaban J connectivity index is 1.52. The van der Waals surface area contributed by atoms with Gasteiger partial charge in [-0.05, 0) is 66.8 Å². The van der Waals surface area contributed by atoms with Crippen molar-refractivity contribution in [2.45, 2.75) is 31.3 Å². The number of carboxylic acids is 1. The number of benzene rings is 2. The fraction of sp³-hybridized carbons (Fsp3) is 0.217. The Labute approximate surface area is 173 Å². The normalized spacial score (nSPS) is 19.2. The van der Waals surface area contributed by atoms with Crippen molar-refractivity contribution < 1.29 is 24.9 Å². The number of rotatable bonds is 5. The number of amides is 1. The average molecular weight is 406 g/mol. The maximum absolute atomic E-state index is 13.0. The fourth-order valence-electron chi connectivity index (χ4n) is 3.72. The third-order valence-electron chi connectivity index (χ3n) is 5.63. The molecule has 0 spiro atoms. The number of aromatic carboxylic acids is 1. The molecule has 1 aliphatic heterocycles. The lowest BCUT2D eigenvalue weighted by Gasteiger charge is -2.27. The summed E-state index contributed by atoms with van der Waals surface area (Å²) >= 11 is 0. The van der Waals surface area contributed by atoms with Crippen LogP contribution in [0.4, 0.5) is 0 Å². The van der Waals surface area contributed by atoms with Crippen molar-refractivity contribution in [2.75, 3.05) is 0 Å². The van der Waals surface area contributed by atoms with Crippen molar-refractivity contribution in [3.8, 4) is 11.5 Å². The summed E-state index contributed by atoms with van der Waals surface area (Å²) in [5.74, 6) is -1.64. The first-order valence-electron chi connectivity index (χ1n) is 9.63. The number of dihydropyridines is 1. The van der Waals surface area contributed by atoms with E-state index >= 15 is 0 Å². The van der Waals surface area contributed by atoms with Crippen molar-refractivity contribution in [2.24, 2.45) is 0 Å². The fourth-order valence-corrected chi connectivity index (χ4v) is 3.72. The molecular formula is C23H22N2O5. The summed E-state index contributed by atoms with van der Waals surface area (Å²) in [6.07, 6.45) is 4.56. The highest BCUT2D eigenvalue weighted by molar-refractivity contribution is 5.92. The molecule has 1 unspecified atom stereocenters.